The number of oxime groups is 1. The highest BCUT2D eigenvalue weighted by molar-refractivity contribution is 5.99. The first kappa shape index (κ1) is 14.7. The van der Waals surface area contributed by atoms with Crippen LogP contribution in [-0.4, -0.2) is 35.1 Å². The largest absolute Gasteiger partial charge is 0.496 e. The molecule has 1 heterocycles. The van der Waals surface area contributed by atoms with E-state index in [1.807, 2.05) is 18.2 Å². The summed E-state index contributed by atoms with van der Waals surface area (Å²) >= 11 is 0. The number of ether oxygens (including phenoxy) is 1. The third-order valence-corrected chi connectivity index (χ3v) is 4.09. The first-order chi connectivity index (χ1) is 9.47. The van der Waals surface area contributed by atoms with Crippen LogP contribution in [0.4, 0.5) is 0 Å². The lowest BCUT2D eigenvalue weighted by atomic mass is 10.0. The Morgan fingerprint density at radius 2 is 2.25 bits per heavy atom. The molecule has 0 radical (unpaired) electrons. The first-order valence-electron chi connectivity index (χ1n) is 6.88. The molecule has 1 aromatic rings. The lowest BCUT2D eigenvalue weighted by molar-refractivity contribution is 0.166. The number of rotatable bonds is 4. The summed E-state index contributed by atoms with van der Waals surface area (Å²) in [7, 11) is 1.58. The van der Waals surface area contributed by atoms with Crippen LogP contribution in [0.15, 0.2) is 23.4 Å². The number of benzene rings is 1. The summed E-state index contributed by atoms with van der Waals surface area (Å²) in [5.41, 5.74) is 7.71. The summed E-state index contributed by atoms with van der Waals surface area (Å²) in [5.74, 6) is 0.689. The molecule has 0 unspecified atom stereocenters. The topological polar surface area (TPSA) is 71.1 Å². The number of likely N-dealkylation sites (tertiary alicyclic amines) is 1. The maximum atomic E-state index is 8.86. The number of hydrogen-bond acceptors (Lipinski definition) is 4. The normalized spacial score (nSPS) is 19.2. The second-order valence-electron chi connectivity index (χ2n) is 5.86. The molecule has 0 bridgehead atoms. The van der Waals surface area contributed by atoms with Crippen molar-refractivity contribution in [2.45, 2.75) is 38.8 Å². The highest BCUT2D eigenvalue weighted by atomic mass is 16.5. The zero-order valence-electron chi connectivity index (χ0n) is 12.4. The van der Waals surface area contributed by atoms with Crippen molar-refractivity contribution in [2.24, 2.45) is 10.9 Å². The monoisotopic (exact) mass is 277 g/mol. The van der Waals surface area contributed by atoms with E-state index in [-0.39, 0.29) is 11.4 Å². The van der Waals surface area contributed by atoms with Gasteiger partial charge in [0.25, 0.3) is 0 Å². The fourth-order valence-electron chi connectivity index (χ4n) is 2.78. The van der Waals surface area contributed by atoms with Gasteiger partial charge >= 0.3 is 0 Å². The highest BCUT2D eigenvalue weighted by Gasteiger charge is 2.31. The molecule has 5 heteroatoms. The summed E-state index contributed by atoms with van der Waals surface area (Å²) in [6, 6.07) is 5.83. The predicted octanol–water partition coefficient (Wildman–Crippen LogP) is 2.16. The van der Waals surface area contributed by atoms with E-state index in [9.17, 15) is 0 Å². The molecule has 1 saturated heterocycles. The van der Waals surface area contributed by atoms with Crippen molar-refractivity contribution in [3.05, 3.63) is 29.3 Å². The van der Waals surface area contributed by atoms with E-state index < -0.39 is 0 Å². The van der Waals surface area contributed by atoms with Crippen LogP contribution in [-0.2, 0) is 6.54 Å². The van der Waals surface area contributed by atoms with Gasteiger partial charge in [-0.1, -0.05) is 11.2 Å². The molecule has 2 rings (SSSR count). The minimum Gasteiger partial charge on any atom is -0.496 e. The van der Waals surface area contributed by atoms with Gasteiger partial charge < -0.3 is 15.7 Å². The van der Waals surface area contributed by atoms with Gasteiger partial charge in [0.05, 0.1) is 12.7 Å². The van der Waals surface area contributed by atoms with Crippen molar-refractivity contribution in [1.29, 1.82) is 0 Å². The zero-order valence-corrected chi connectivity index (χ0v) is 12.4. The fraction of sp³-hybridized carbons (Fsp3) is 0.533. The molecule has 0 saturated carbocycles. The van der Waals surface area contributed by atoms with Crippen LogP contribution < -0.4 is 10.5 Å². The van der Waals surface area contributed by atoms with Gasteiger partial charge in [-0.25, -0.2) is 0 Å². The van der Waals surface area contributed by atoms with Gasteiger partial charge in [-0.3, -0.25) is 4.90 Å². The van der Waals surface area contributed by atoms with Crippen molar-refractivity contribution in [1.82, 2.24) is 4.90 Å². The number of hydrogen-bond donors (Lipinski definition) is 2. The van der Waals surface area contributed by atoms with E-state index in [0.29, 0.717) is 11.3 Å². The Morgan fingerprint density at radius 1 is 1.50 bits per heavy atom. The minimum absolute atomic E-state index is 0.0735. The molecule has 0 aliphatic carbocycles. The molecular weight excluding hydrogens is 254 g/mol. The van der Waals surface area contributed by atoms with Gasteiger partial charge in [0.2, 0.25) is 0 Å². The van der Waals surface area contributed by atoms with Gasteiger partial charge in [-0.15, -0.1) is 0 Å². The van der Waals surface area contributed by atoms with Crippen LogP contribution in [0.5, 0.6) is 5.75 Å². The third kappa shape index (κ3) is 2.88. The molecule has 3 N–H and O–H groups in total. The summed E-state index contributed by atoms with van der Waals surface area (Å²) < 4.78 is 5.25. The van der Waals surface area contributed by atoms with Gasteiger partial charge in [0.1, 0.15) is 5.75 Å². The Hall–Kier alpha value is -1.75. The van der Waals surface area contributed by atoms with E-state index in [1.165, 1.54) is 12.8 Å². The first-order valence-corrected chi connectivity index (χ1v) is 6.88. The molecule has 5 nitrogen and oxygen atoms in total. The van der Waals surface area contributed by atoms with Crippen molar-refractivity contribution in [2.75, 3.05) is 13.7 Å². The summed E-state index contributed by atoms with van der Waals surface area (Å²) in [6.07, 6.45) is 2.45. The van der Waals surface area contributed by atoms with E-state index in [2.05, 4.69) is 23.9 Å². The van der Waals surface area contributed by atoms with E-state index in [4.69, 9.17) is 15.7 Å². The maximum absolute atomic E-state index is 8.86. The van der Waals surface area contributed by atoms with Crippen molar-refractivity contribution in [3.63, 3.8) is 0 Å². The smallest absolute Gasteiger partial charge is 0.173 e. The fourth-order valence-corrected chi connectivity index (χ4v) is 2.78. The van der Waals surface area contributed by atoms with Crippen LogP contribution >= 0.6 is 0 Å². The molecule has 1 aliphatic rings. The van der Waals surface area contributed by atoms with Crippen LogP contribution in [0, 0.1) is 0 Å². The van der Waals surface area contributed by atoms with Crippen molar-refractivity contribution in [3.8, 4) is 5.75 Å². The van der Waals surface area contributed by atoms with Gasteiger partial charge in [-0.05, 0) is 50.9 Å². The van der Waals surface area contributed by atoms with E-state index in [0.717, 1.165) is 18.7 Å². The number of nitrogens with zero attached hydrogens (tertiary/aromatic N) is 2. The molecule has 110 valence electrons. The Morgan fingerprint density at radius 3 is 2.80 bits per heavy atom. The number of nitrogens with two attached hydrogens (primary N) is 1. The molecule has 0 amide bonds. The minimum atomic E-state index is 0.0735. The number of methoxy groups -OCH3 is 1. The highest BCUT2D eigenvalue weighted by Crippen LogP contribution is 2.30. The Kier molecular flexibility index (Phi) is 4.18. The molecule has 20 heavy (non-hydrogen) atoms. The summed E-state index contributed by atoms with van der Waals surface area (Å²) in [6.45, 7) is 6.52. The van der Waals surface area contributed by atoms with E-state index >= 15 is 0 Å². The molecule has 0 aromatic heterocycles. The molecule has 1 aromatic carbocycles. The van der Waals surface area contributed by atoms with Gasteiger partial charge in [0, 0.05) is 12.1 Å². The predicted molar refractivity (Wildman–Crippen MR) is 79.2 cm³/mol. The third-order valence-electron chi connectivity index (χ3n) is 4.09. The lowest BCUT2D eigenvalue weighted by Crippen LogP contribution is -2.37. The molecule has 1 aliphatic heterocycles. The summed E-state index contributed by atoms with van der Waals surface area (Å²) in [5, 5.41) is 11.9. The van der Waals surface area contributed by atoms with Crippen LogP contribution in [0.25, 0.3) is 0 Å². The SMILES string of the molecule is COc1ccc(CN2CCCC2(C)C)cc1C(N)=NO. The number of amidine groups is 1. The summed E-state index contributed by atoms with van der Waals surface area (Å²) in [4.78, 5) is 2.46. The average Bonchev–Trinajstić information content (AvgIpc) is 2.77. The molecule has 0 atom stereocenters. The molecule has 0 spiro atoms. The van der Waals surface area contributed by atoms with Crippen LogP contribution in [0.1, 0.15) is 37.8 Å². The second kappa shape index (κ2) is 5.71. The Bertz CT molecular complexity index is 512. The van der Waals surface area contributed by atoms with Crippen molar-refractivity contribution < 1.29 is 9.94 Å². The van der Waals surface area contributed by atoms with Gasteiger partial charge in [0.15, 0.2) is 5.84 Å². The quantitative estimate of drug-likeness (QED) is 0.383. The maximum Gasteiger partial charge on any atom is 0.173 e. The average molecular weight is 277 g/mol. The second-order valence-corrected chi connectivity index (χ2v) is 5.86. The van der Waals surface area contributed by atoms with Crippen molar-refractivity contribution >= 4 is 5.84 Å². The van der Waals surface area contributed by atoms with Gasteiger partial charge in [-0.2, -0.15) is 0 Å². The van der Waals surface area contributed by atoms with Crippen LogP contribution in [0.3, 0.4) is 0 Å². The Balaban J connectivity index is 2.25. The Labute approximate surface area is 120 Å². The zero-order chi connectivity index (χ0) is 14.8. The standard InChI is InChI=1S/C15H23N3O2/c1-15(2)7-4-8-18(15)10-11-5-6-13(20-3)12(9-11)14(16)17-19/h5-6,9,19H,4,7-8,10H2,1-3H3,(H2,16,17). The van der Waals surface area contributed by atoms with E-state index in [1.54, 1.807) is 7.11 Å². The molecule has 1 fully saturated rings. The lowest BCUT2D eigenvalue weighted by Gasteiger charge is -2.31. The molecular formula is C15H23N3O2. The van der Waals surface area contributed by atoms with Crippen LogP contribution in [0.2, 0.25) is 0 Å².